The van der Waals surface area contributed by atoms with Crippen LogP contribution in [-0.4, -0.2) is 4.98 Å². The Kier molecular flexibility index (Phi) is 4.03. The number of fused-ring (bicyclic) bond motifs is 1. The van der Waals surface area contributed by atoms with Gasteiger partial charge in [-0.25, -0.2) is 0 Å². The van der Waals surface area contributed by atoms with Crippen molar-refractivity contribution >= 4 is 48.5 Å². The average Bonchev–Trinajstić information content (AvgIpc) is 2.48. The SMILES string of the molecule is Brc1ccc(Br)c(NCc2ccnc3ccccc23)c1. The lowest BCUT2D eigenvalue weighted by Crippen LogP contribution is -2.01. The van der Waals surface area contributed by atoms with Gasteiger partial charge in [-0.1, -0.05) is 34.1 Å². The van der Waals surface area contributed by atoms with Gasteiger partial charge < -0.3 is 5.32 Å². The van der Waals surface area contributed by atoms with E-state index in [4.69, 9.17) is 0 Å². The Labute approximate surface area is 134 Å². The first-order valence-electron chi connectivity index (χ1n) is 6.25. The normalized spacial score (nSPS) is 10.7. The molecule has 2 aromatic carbocycles. The third-order valence-corrected chi connectivity index (χ3v) is 4.32. The fraction of sp³-hybridized carbons (Fsp3) is 0.0625. The van der Waals surface area contributed by atoms with E-state index >= 15 is 0 Å². The van der Waals surface area contributed by atoms with Crippen molar-refractivity contribution in [3.8, 4) is 0 Å². The highest BCUT2D eigenvalue weighted by Crippen LogP contribution is 2.27. The van der Waals surface area contributed by atoms with Gasteiger partial charge in [-0.3, -0.25) is 4.98 Å². The van der Waals surface area contributed by atoms with E-state index in [2.05, 4.69) is 60.4 Å². The third kappa shape index (κ3) is 2.86. The van der Waals surface area contributed by atoms with Crippen LogP contribution >= 0.6 is 31.9 Å². The molecule has 1 aromatic heterocycles. The van der Waals surface area contributed by atoms with Crippen LogP contribution in [0.25, 0.3) is 10.9 Å². The second-order valence-electron chi connectivity index (χ2n) is 4.46. The first-order chi connectivity index (χ1) is 9.74. The summed E-state index contributed by atoms with van der Waals surface area (Å²) in [6, 6.07) is 16.4. The van der Waals surface area contributed by atoms with Crippen LogP contribution in [0.1, 0.15) is 5.56 Å². The van der Waals surface area contributed by atoms with Gasteiger partial charge in [-0.2, -0.15) is 0 Å². The Morgan fingerprint density at radius 3 is 2.75 bits per heavy atom. The zero-order valence-electron chi connectivity index (χ0n) is 10.6. The molecule has 3 aromatic rings. The first kappa shape index (κ1) is 13.6. The number of anilines is 1. The molecular formula is C16H12Br2N2. The van der Waals surface area contributed by atoms with E-state index < -0.39 is 0 Å². The number of aromatic nitrogens is 1. The van der Waals surface area contributed by atoms with Crippen molar-refractivity contribution in [2.75, 3.05) is 5.32 Å². The maximum Gasteiger partial charge on any atom is 0.0705 e. The number of hydrogen-bond acceptors (Lipinski definition) is 2. The number of halogens is 2. The second kappa shape index (κ2) is 5.94. The van der Waals surface area contributed by atoms with E-state index in [1.807, 2.05) is 36.5 Å². The van der Waals surface area contributed by atoms with Gasteiger partial charge >= 0.3 is 0 Å². The molecule has 0 aliphatic carbocycles. The molecule has 0 aliphatic heterocycles. The number of rotatable bonds is 3. The Morgan fingerprint density at radius 1 is 1.00 bits per heavy atom. The Morgan fingerprint density at radius 2 is 1.85 bits per heavy atom. The molecule has 2 nitrogen and oxygen atoms in total. The van der Waals surface area contributed by atoms with E-state index in [1.165, 1.54) is 10.9 Å². The number of nitrogens with one attached hydrogen (secondary N) is 1. The van der Waals surface area contributed by atoms with E-state index in [0.717, 1.165) is 26.7 Å². The molecule has 0 fully saturated rings. The van der Waals surface area contributed by atoms with E-state index in [1.54, 1.807) is 0 Å². The summed E-state index contributed by atoms with van der Waals surface area (Å²) in [4.78, 5) is 4.38. The summed E-state index contributed by atoms with van der Waals surface area (Å²) < 4.78 is 2.11. The van der Waals surface area contributed by atoms with Gasteiger partial charge in [0.1, 0.15) is 0 Å². The summed E-state index contributed by atoms with van der Waals surface area (Å²) in [6.45, 7) is 0.762. The molecule has 0 unspecified atom stereocenters. The number of para-hydroxylation sites is 1. The van der Waals surface area contributed by atoms with Gasteiger partial charge in [0, 0.05) is 32.8 Å². The maximum atomic E-state index is 4.38. The van der Waals surface area contributed by atoms with Gasteiger partial charge in [-0.05, 0) is 51.8 Å². The smallest absolute Gasteiger partial charge is 0.0705 e. The monoisotopic (exact) mass is 390 g/mol. The van der Waals surface area contributed by atoms with E-state index in [-0.39, 0.29) is 0 Å². The molecule has 1 N–H and O–H groups in total. The highest BCUT2D eigenvalue weighted by atomic mass is 79.9. The predicted octanol–water partition coefficient (Wildman–Crippen LogP) is 5.37. The van der Waals surface area contributed by atoms with Crippen molar-refractivity contribution in [3.63, 3.8) is 0 Å². The van der Waals surface area contributed by atoms with Gasteiger partial charge in [0.2, 0.25) is 0 Å². The molecule has 0 saturated carbocycles. The molecule has 0 amide bonds. The fourth-order valence-electron chi connectivity index (χ4n) is 2.13. The molecule has 3 rings (SSSR count). The summed E-state index contributed by atoms with van der Waals surface area (Å²) >= 11 is 7.05. The lowest BCUT2D eigenvalue weighted by Gasteiger charge is -2.11. The van der Waals surface area contributed by atoms with Crippen LogP contribution in [0.15, 0.2) is 63.7 Å². The number of pyridine rings is 1. The fourth-order valence-corrected chi connectivity index (χ4v) is 2.88. The minimum Gasteiger partial charge on any atom is -0.380 e. The Bertz CT molecular complexity index is 751. The number of hydrogen-bond donors (Lipinski definition) is 1. The molecular weight excluding hydrogens is 380 g/mol. The number of nitrogens with zero attached hydrogens (tertiary/aromatic N) is 1. The van der Waals surface area contributed by atoms with Crippen LogP contribution in [0, 0.1) is 0 Å². The standard InChI is InChI=1S/C16H12Br2N2/c17-12-5-6-14(18)16(9-12)20-10-11-7-8-19-15-4-2-1-3-13(11)15/h1-9,20H,10H2. The lowest BCUT2D eigenvalue weighted by molar-refractivity contribution is 1.15. The van der Waals surface area contributed by atoms with Crippen molar-refractivity contribution in [3.05, 3.63) is 69.2 Å². The van der Waals surface area contributed by atoms with Crippen LogP contribution < -0.4 is 5.32 Å². The molecule has 0 bridgehead atoms. The molecule has 1 heterocycles. The van der Waals surface area contributed by atoms with Crippen molar-refractivity contribution in [1.29, 1.82) is 0 Å². The summed E-state index contributed by atoms with van der Waals surface area (Å²) in [6.07, 6.45) is 1.86. The van der Waals surface area contributed by atoms with Crippen LogP contribution in [0.5, 0.6) is 0 Å². The summed E-state index contributed by atoms with van der Waals surface area (Å²) in [7, 11) is 0. The molecule has 0 aliphatic rings. The van der Waals surface area contributed by atoms with Crippen LogP contribution in [0.4, 0.5) is 5.69 Å². The molecule has 0 atom stereocenters. The van der Waals surface area contributed by atoms with Gasteiger partial charge in [0.25, 0.3) is 0 Å². The predicted molar refractivity (Wildman–Crippen MR) is 90.9 cm³/mol. The molecule has 0 spiro atoms. The molecule has 0 radical (unpaired) electrons. The summed E-state index contributed by atoms with van der Waals surface area (Å²) in [5.74, 6) is 0. The van der Waals surface area contributed by atoms with Gasteiger partial charge in [-0.15, -0.1) is 0 Å². The highest BCUT2D eigenvalue weighted by Gasteiger charge is 2.03. The minimum atomic E-state index is 0.762. The van der Waals surface area contributed by atoms with Crippen LogP contribution in [0.3, 0.4) is 0 Å². The van der Waals surface area contributed by atoms with Crippen molar-refractivity contribution in [2.24, 2.45) is 0 Å². The Balaban J connectivity index is 1.89. The lowest BCUT2D eigenvalue weighted by atomic mass is 10.1. The zero-order valence-corrected chi connectivity index (χ0v) is 13.8. The van der Waals surface area contributed by atoms with Crippen molar-refractivity contribution < 1.29 is 0 Å². The van der Waals surface area contributed by atoms with Gasteiger partial charge in [0.05, 0.1) is 5.52 Å². The Hall–Kier alpha value is -1.39. The first-order valence-corrected chi connectivity index (χ1v) is 7.84. The second-order valence-corrected chi connectivity index (χ2v) is 6.23. The summed E-state index contributed by atoms with van der Waals surface area (Å²) in [5, 5.41) is 4.65. The minimum absolute atomic E-state index is 0.762. The molecule has 4 heteroatoms. The summed E-state index contributed by atoms with van der Waals surface area (Å²) in [5.41, 5.74) is 3.34. The van der Waals surface area contributed by atoms with Crippen molar-refractivity contribution in [2.45, 2.75) is 6.54 Å². The van der Waals surface area contributed by atoms with E-state index in [0.29, 0.717) is 0 Å². The van der Waals surface area contributed by atoms with E-state index in [9.17, 15) is 0 Å². The number of benzene rings is 2. The average molecular weight is 392 g/mol. The van der Waals surface area contributed by atoms with Gasteiger partial charge in [0.15, 0.2) is 0 Å². The maximum absolute atomic E-state index is 4.38. The van der Waals surface area contributed by atoms with Crippen LogP contribution in [0.2, 0.25) is 0 Å². The molecule has 20 heavy (non-hydrogen) atoms. The third-order valence-electron chi connectivity index (χ3n) is 3.14. The van der Waals surface area contributed by atoms with Crippen molar-refractivity contribution in [1.82, 2.24) is 4.98 Å². The molecule has 0 saturated heterocycles. The highest BCUT2D eigenvalue weighted by molar-refractivity contribution is 9.11. The zero-order chi connectivity index (χ0) is 13.9. The molecule has 100 valence electrons. The van der Waals surface area contributed by atoms with Crippen LogP contribution in [-0.2, 0) is 6.54 Å². The quantitative estimate of drug-likeness (QED) is 0.648. The topological polar surface area (TPSA) is 24.9 Å². The largest absolute Gasteiger partial charge is 0.380 e.